The smallest absolute Gasteiger partial charge is 0.284 e. The lowest BCUT2D eigenvalue weighted by atomic mass is 9.98. The number of hydrogen-bond donors (Lipinski definition) is 1. The summed E-state index contributed by atoms with van der Waals surface area (Å²) >= 11 is 0. The molecule has 3 aromatic heterocycles. The molecule has 4 aromatic rings. The summed E-state index contributed by atoms with van der Waals surface area (Å²) in [6, 6.07) is 4.87. The maximum atomic E-state index is 16.0. The Morgan fingerprint density at radius 1 is 1.14 bits per heavy atom. The van der Waals surface area contributed by atoms with Crippen LogP contribution in [-0.2, 0) is 9.59 Å². The molecular formula is C30H29F2N7O4. The van der Waals surface area contributed by atoms with Crippen LogP contribution in [0, 0.1) is 11.6 Å². The Morgan fingerprint density at radius 3 is 2.56 bits per heavy atom. The predicted molar refractivity (Wildman–Crippen MR) is 156 cm³/mol. The molecule has 1 N–H and O–H groups in total. The van der Waals surface area contributed by atoms with Crippen LogP contribution in [0.4, 0.5) is 20.2 Å². The van der Waals surface area contributed by atoms with E-state index in [0.717, 1.165) is 12.1 Å². The third kappa shape index (κ3) is 4.09. The largest absolute Gasteiger partial charge is 0.507 e. The number of carbonyl (C=O) groups is 2. The van der Waals surface area contributed by atoms with Gasteiger partial charge < -0.3 is 19.8 Å². The van der Waals surface area contributed by atoms with Gasteiger partial charge in [0.25, 0.3) is 11.5 Å². The second-order valence-corrected chi connectivity index (χ2v) is 11.0. The molecule has 222 valence electrons. The van der Waals surface area contributed by atoms with E-state index < -0.39 is 46.1 Å². The molecule has 0 unspecified atom stereocenters. The van der Waals surface area contributed by atoms with Gasteiger partial charge >= 0.3 is 0 Å². The molecule has 0 spiro atoms. The molecule has 2 atom stereocenters. The van der Waals surface area contributed by atoms with Crippen molar-refractivity contribution in [1.29, 1.82) is 0 Å². The molecule has 6 rings (SSSR count). The van der Waals surface area contributed by atoms with E-state index in [1.165, 1.54) is 45.8 Å². The number of likely N-dealkylation sites (N-methyl/N-ethyl adjacent to an activating group) is 1. The van der Waals surface area contributed by atoms with Crippen LogP contribution in [0.1, 0.15) is 26.8 Å². The van der Waals surface area contributed by atoms with Gasteiger partial charge in [-0.05, 0) is 45.0 Å². The van der Waals surface area contributed by atoms with Crippen molar-refractivity contribution in [1.82, 2.24) is 24.2 Å². The first-order valence-corrected chi connectivity index (χ1v) is 13.7. The molecule has 1 saturated heterocycles. The number of nitrogens with zero attached hydrogens (tertiary/aromatic N) is 7. The molecule has 11 nitrogen and oxygen atoms in total. The van der Waals surface area contributed by atoms with Crippen molar-refractivity contribution < 1.29 is 23.5 Å². The lowest BCUT2D eigenvalue weighted by molar-refractivity contribution is -0.130. The second-order valence-electron chi connectivity index (χ2n) is 11.0. The summed E-state index contributed by atoms with van der Waals surface area (Å²) in [7, 11) is 1.46. The highest BCUT2D eigenvalue weighted by atomic mass is 19.1. The summed E-state index contributed by atoms with van der Waals surface area (Å²) in [5, 5.41) is 15.0. The molecule has 0 bridgehead atoms. The lowest BCUT2D eigenvalue weighted by Crippen LogP contribution is -2.66. The average molecular weight is 590 g/mol. The van der Waals surface area contributed by atoms with Gasteiger partial charge in [0.05, 0.1) is 24.0 Å². The fourth-order valence-corrected chi connectivity index (χ4v) is 6.06. The van der Waals surface area contributed by atoms with Gasteiger partial charge in [-0.3, -0.25) is 14.4 Å². The van der Waals surface area contributed by atoms with E-state index >= 15 is 4.39 Å². The first-order valence-electron chi connectivity index (χ1n) is 13.7. The number of aromatic hydroxyl groups is 1. The van der Waals surface area contributed by atoms with Crippen LogP contribution >= 0.6 is 0 Å². The highest BCUT2D eigenvalue weighted by Gasteiger charge is 2.46. The molecule has 5 heterocycles. The Hall–Kier alpha value is -5.07. The van der Waals surface area contributed by atoms with E-state index in [-0.39, 0.29) is 53.5 Å². The van der Waals surface area contributed by atoms with Crippen molar-refractivity contribution in [3.8, 4) is 22.8 Å². The van der Waals surface area contributed by atoms with E-state index in [2.05, 4.69) is 16.7 Å². The van der Waals surface area contributed by atoms with Gasteiger partial charge in [0.1, 0.15) is 34.8 Å². The van der Waals surface area contributed by atoms with Crippen molar-refractivity contribution >= 4 is 34.2 Å². The van der Waals surface area contributed by atoms with Gasteiger partial charge in [0.15, 0.2) is 11.5 Å². The zero-order valence-corrected chi connectivity index (χ0v) is 24.0. The molecule has 2 aliphatic heterocycles. The van der Waals surface area contributed by atoms with Crippen LogP contribution in [0.15, 0.2) is 54.0 Å². The van der Waals surface area contributed by atoms with Crippen molar-refractivity contribution in [2.75, 3.05) is 29.9 Å². The van der Waals surface area contributed by atoms with Crippen LogP contribution < -0.4 is 15.4 Å². The maximum Gasteiger partial charge on any atom is 0.284 e. The molecule has 43 heavy (non-hydrogen) atoms. The number of hydrogen-bond acceptors (Lipinski definition) is 7. The third-order valence-corrected chi connectivity index (χ3v) is 8.08. The van der Waals surface area contributed by atoms with E-state index in [4.69, 9.17) is 0 Å². The van der Waals surface area contributed by atoms with Crippen LogP contribution in [0.2, 0.25) is 0 Å². The number of amides is 2. The zero-order chi connectivity index (χ0) is 30.9. The number of phenols is 1. The van der Waals surface area contributed by atoms with Crippen molar-refractivity contribution in [2.24, 2.45) is 0 Å². The summed E-state index contributed by atoms with van der Waals surface area (Å²) in [5.74, 6) is -2.81. The van der Waals surface area contributed by atoms with E-state index in [0.29, 0.717) is 5.82 Å². The number of pyridine rings is 2. The monoisotopic (exact) mass is 589 g/mol. The minimum absolute atomic E-state index is 0.00337. The first kappa shape index (κ1) is 28.1. The quantitative estimate of drug-likeness (QED) is 0.363. The number of piperazine rings is 1. The Kier molecular flexibility index (Phi) is 6.55. The number of halogens is 2. The van der Waals surface area contributed by atoms with Gasteiger partial charge in [0, 0.05) is 37.1 Å². The number of benzene rings is 1. The van der Waals surface area contributed by atoms with Crippen LogP contribution in [-0.4, -0.2) is 73.4 Å². The minimum Gasteiger partial charge on any atom is -0.507 e. The number of fused-ring (bicyclic) bond motifs is 5. The number of phenolic OH excluding ortho intramolecular Hbond substituents is 1. The second kappa shape index (κ2) is 10.0. The number of rotatable bonds is 4. The van der Waals surface area contributed by atoms with Crippen molar-refractivity contribution in [2.45, 2.75) is 38.9 Å². The van der Waals surface area contributed by atoms with E-state index in [9.17, 15) is 23.9 Å². The van der Waals surface area contributed by atoms with Gasteiger partial charge in [-0.15, -0.1) is 0 Å². The fraction of sp³-hybridized carbons (Fsp3) is 0.300. The van der Waals surface area contributed by atoms with Crippen molar-refractivity contribution in [3.63, 3.8) is 0 Å². The molecule has 0 saturated carbocycles. The zero-order valence-electron chi connectivity index (χ0n) is 24.0. The standard InChI is InChI=1S/C30H29F2N7O4/c1-6-23(41)36-14-20-29(42)35(5)27-26(37(20)13-16(36)4)17-12-19(32)25(24-18(31)8-7-9-21(24)40)34-28(17)38(30(27)43)22-10-11-33-39(22)15(2)3/h6-12,15-16,20,40H,1,13-14H2,2-5H3/t16-,20-/m1/s1. The number of carbonyl (C=O) groups excluding carboxylic acids is 2. The van der Waals surface area contributed by atoms with E-state index in [1.54, 1.807) is 15.6 Å². The van der Waals surface area contributed by atoms with Gasteiger partial charge in [-0.25, -0.2) is 23.0 Å². The highest BCUT2D eigenvalue weighted by Crippen LogP contribution is 2.43. The summed E-state index contributed by atoms with van der Waals surface area (Å²) < 4.78 is 33.8. The lowest BCUT2D eigenvalue weighted by Gasteiger charge is -2.49. The Morgan fingerprint density at radius 2 is 1.88 bits per heavy atom. The van der Waals surface area contributed by atoms with Crippen LogP contribution in [0.3, 0.4) is 0 Å². The van der Waals surface area contributed by atoms with Gasteiger partial charge in [-0.1, -0.05) is 12.6 Å². The van der Waals surface area contributed by atoms with Gasteiger partial charge in [0.2, 0.25) is 5.91 Å². The minimum atomic E-state index is -0.942. The molecular weight excluding hydrogens is 560 g/mol. The van der Waals surface area contributed by atoms with Gasteiger partial charge in [-0.2, -0.15) is 5.10 Å². The SMILES string of the molecule is C=CC(=O)N1C[C@@H]2C(=O)N(C)c3c(c4cc(F)c(-c5c(O)cccc5F)nc4n(-c4ccnn4C(C)C)c3=O)N2C[C@H]1C. The Balaban J connectivity index is 1.72. The topological polar surface area (TPSA) is 117 Å². The molecule has 1 aromatic carbocycles. The summed E-state index contributed by atoms with van der Waals surface area (Å²) in [6.45, 7) is 9.29. The number of anilines is 2. The summed E-state index contributed by atoms with van der Waals surface area (Å²) in [5.41, 5.74) is -1.32. The normalized spacial score (nSPS) is 18.3. The maximum absolute atomic E-state index is 16.0. The van der Waals surface area contributed by atoms with Crippen LogP contribution in [0.25, 0.3) is 28.1 Å². The molecule has 2 amide bonds. The first-order chi connectivity index (χ1) is 20.5. The summed E-state index contributed by atoms with van der Waals surface area (Å²) in [6.07, 6.45) is 2.69. The number of aromatic nitrogens is 4. The predicted octanol–water partition coefficient (Wildman–Crippen LogP) is 3.38. The Bertz CT molecular complexity index is 1880. The molecule has 2 aliphatic rings. The third-order valence-electron chi connectivity index (χ3n) is 8.08. The molecule has 0 radical (unpaired) electrons. The average Bonchev–Trinajstić information content (AvgIpc) is 3.45. The summed E-state index contributed by atoms with van der Waals surface area (Å²) in [4.78, 5) is 49.7. The Labute approximate surface area is 244 Å². The van der Waals surface area contributed by atoms with E-state index in [1.807, 2.05) is 20.8 Å². The molecule has 0 aliphatic carbocycles. The van der Waals surface area contributed by atoms with Crippen LogP contribution in [0.5, 0.6) is 5.75 Å². The molecule has 13 heteroatoms. The highest BCUT2D eigenvalue weighted by molar-refractivity contribution is 6.12. The molecule has 1 fully saturated rings. The fourth-order valence-electron chi connectivity index (χ4n) is 6.06. The van der Waals surface area contributed by atoms with Crippen molar-refractivity contribution in [3.05, 3.63) is 71.2 Å².